The van der Waals surface area contributed by atoms with Crippen LogP contribution in [0.5, 0.6) is 0 Å². The average Bonchev–Trinajstić information content (AvgIpc) is 2.52. The Balaban J connectivity index is 2.41. The molecule has 4 nitrogen and oxygen atoms in total. The van der Waals surface area contributed by atoms with Gasteiger partial charge in [0, 0.05) is 18.3 Å². The van der Waals surface area contributed by atoms with Crippen LogP contribution >= 0.6 is 0 Å². The zero-order chi connectivity index (χ0) is 14.0. The molecular weight excluding hydrogens is 240 g/mol. The summed E-state index contributed by atoms with van der Waals surface area (Å²) < 4.78 is 0. The van der Waals surface area contributed by atoms with E-state index in [1.807, 2.05) is 11.0 Å². The molecule has 0 saturated carbocycles. The molecular formula is C15H22N2O2. The van der Waals surface area contributed by atoms with E-state index in [-0.39, 0.29) is 18.6 Å². The number of carbonyl (C=O) groups is 1. The lowest BCUT2D eigenvalue weighted by molar-refractivity contribution is -0.122. The van der Waals surface area contributed by atoms with Crippen molar-refractivity contribution in [2.75, 3.05) is 18.1 Å². The van der Waals surface area contributed by atoms with E-state index in [4.69, 9.17) is 0 Å². The number of nitrogens with one attached hydrogen (secondary N) is 1. The molecule has 0 aliphatic carbocycles. The molecule has 1 aliphatic rings. The number of benzene rings is 1. The molecule has 4 heteroatoms. The highest BCUT2D eigenvalue weighted by Crippen LogP contribution is 2.25. The number of carbonyl (C=O) groups excluding carboxylic acids is 1. The van der Waals surface area contributed by atoms with Crippen molar-refractivity contribution in [1.29, 1.82) is 0 Å². The summed E-state index contributed by atoms with van der Waals surface area (Å²) in [6, 6.07) is 5.90. The van der Waals surface area contributed by atoms with Crippen molar-refractivity contribution >= 4 is 11.6 Å². The van der Waals surface area contributed by atoms with Crippen molar-refractivity contribution in [1.82, 2.24) is 5.32 Å². The van der Waals surface area contributed by atoms with Gasteiger partial charge >= 0.3 is 0 Å². The highest BCUT2D eigenvalue weighted by atomic mass is 16.3. The molecule has 2 N–H and O–H groups in total. The fourth-order valence-electron chi connectivity index (χ4n) is 2.59. The summed E-state index contributed by atoms with van der Waals surface area (Å²) in [5, 5.41) is 12.4. The van der Waals surface area contributed by atoms with Crippen LogP contribution in [0.1, 0.15) is 24.5 Å². The van der Waals surface area contributed by atoms with Crippen LogP contribution in [0.25, 0.3) is 0 Å². The first-order valence-electron chi connectivity index (χ1n) is 6.78. The molecule has 2 unspecified atom stereocenters. The molecule has 0 radical (unpaired) electrons. The predicted molar refractivity (Wildman–Crippen MR) is 76.4 cm³/mol. The average molecular weight is 262 g/mol. The molecule has 1 aromatic rings. The predicted octanol–water partition coefficient (Wildman–Crippen LogP) is 1.38. The van der Waals surface area contributed by atoms with Crippen molar-refractivity contribution in [3.63, 3.8) is 0 Å². The Hall–Kier alpha value is -1.55. The third-order valence-corrected chi connectivity index (χ3v) is 3.94. The van der Waals surface area contributed by atoms with E-state index in [1.165, 1.54) is 11.1 Å². The summed E-state index contributed by atoms with van der Waals surface area (Å²) in [5.41, 5.74) is 3.44. The fraction of sp³-hybridized carbons (Fsp3) is 0.533. The Morgan fingerprint density at radius 2 is 2.11 bits per heavy atom. The molecule has 1 saturated heterocycles. The molecule has 1 aromatic carbocycles. The number of rotatable bonds is 2. The van der Waals surface area contributed by atoms with Crippen LogP contribution in [-0.4, -0.2) is 36.2 Å². The van der Waals surface area contributed by atoms with Gasteiger partial charge < -0.3 is 15.3 Å². The maximum Gasteiger partial charge on any atom is 0.245 e. The van der Waals surface area contributed by atoms with E-state index < -0.39 is 6.04 Å². The topological polar surface area (TPSA) is 52.6 Å². The maximum atomic E-state index is 12.0. The van der Waals surface area contributed by atoms with Gasteiger partial charge in [0.2, 0.25) is 5.91 Å². The third-order valence-electron chi connectivity index (χ3n) is 3.94. The van der Waals surface area contributed by atoms with Crippen LogP contribution in [0.2, 0.25) is 0 Å². The molecule has 1 amide bonds. The quantitative estimate of drug-likeness (QED) is 0.846. The molecule has 19 heavy (non-hydrogen) atoms. The molecule has 2 rings (SSSR count). The molecule has 1 heterocycles. The number of hydrogen-bond acceptors (Lipinski definition) is 3. The van der Waals surface area contributed by atoms with Crippen LogP contribution in [0, 0.1) is 13.8 Å². The lowest BCUT2D eigenvalue weighted by Crippen LogP contribution is -2.49. The normalized spacial score (nSPS) is 24.0. The van der Waals surface area contributed by atoms with Crippen LogP contribution in [-0.2, 0) is 4.79 Å². The number of aryl methyl sites for hydroxylation is 2. The summed E-state index contributed by atoms with van der Waals surface area (Å²) in [4.78, 5) is 14.1. The van der Waals surface area contributed by atoms with E-state index in [1.54, 1.807) is 0 Å². The summed E-state index contributed by atoms with van der Waals surface area (Å²) in [6.07, 6.45) is 0.884. The van der Waals surface area contributed by atoms with E-state index in [0.29, 0.717) is 6.54 Å². The molecule has 0 spiro atoms. The number of aliphatic hydroxyl groups excluding tert-OH is 1. The Bertz CT molecular complexity index is 473. The van der Waals surface area contributed by atoms with Crippen LogP contribution in [0.15, 0.2) is 18.2 Å². The molecule has 1 fully saturated rings. The number of nitrogens with zero attached hydrogens (tertiary/aromatic N) is 1. The Morgan fingerprint density at radius 3 is 2.74 bits per heavy atom. The second-order valence-electron chi connectivity index (χ2n) is 5.30. The van der Waals surface area contributed by atoms with Crippen molar-refractivity contribution in [3.8, 4) is 0 Å². The second-order valence-corrected chi connectivity index (χ2v) is 5.30. The highest BCUT2D eigenvalue weighted by Gasteiger charge is 2.31. The van der Waals surface area contributed by atoms with Gasteiger partial charge in [-0.05, 0) is 50.5 Å². The fourth-order valence-corrected chi connectivity index (χ4v) is 2.59. The van der Waals surface area contributed by atoms with E-state index in [9.17, 15) is 9.90 Å². The van der Waals surface area contributed by atoms with Gasteiger partial charge in [-0.15, -0.1) is 0 Å². The number of amides is 1. The summed E-state index contributed by atoms with van der Waals surface area (Å²) in [6.45, 7) is 6.73. The lowest BCUT2D eigenvalue weighted by Gasteiger charge is -2.34. The van der Waals surface area contributed by atoms with E-state index in [0.717, 1.165) is 12.1 Å². The van der Waals surface area contributed by atoms with E-state index >= 15 is 0 Å². The molecule has 2 atom stereocenters. The first-order valence-corrected chi connectivity index (χ1v) is 6.78. The van der Waals surface area contributed by atoms with Gasteiger partial charge in [0.05, 0.1) is 6.61 Å². The highest BCUT2D eigenvalue weighted by molar-refractivity contribution is 5.86. The Morgan fingerprint density at radius 1 is 1.37 bits per heavy atom. The minimum atomic E-state index is -0.500. The number of anilines is 1. The third kappa shape index (κ3) is 2.73. The van der Waals surface area contributed by atoms with Gasteiger partial charge in [0.15, 0.2) is 0 Å². The van der Waals surface area contributed by atoms with Gasteiger partial charge in [0.25, 0.3) is 0 Å². The van der Waals surface area contributed by atoms with Crippen LogP contribution in [0.3, 0.4) is 0 Å². The van der Waals surface area contributed by atoms with Gasteiger partial charge in [-0.3, -0.25) is 4.79 Å². The zero-order valence-corrected chi connectivity index (χ0v) is 11.8. The number of hydrogen-bond donors (Lipinski definition) is 2. The summed E-state index contributed by atoms with van der Waals surface area (Å²) in [7, 11) is 0. The summed E-state index contributed by atoms with van der Waals surface area (Å²) >= 11 is 0. The first kappa shape index (κ1) is 13.9. The Labute approximate surface area is 114 Å². The van der Waals surface area contributed by atoms with Gasteiger partial charge in [-0.25, -0.2) is 0 Å². The molecule has 104 valence electrons. The SMILES string of the molecule is Cc1ccc(N2C(C)CCNC(=O)C2CO)cc1C. The van der Waals surface area contributed by atoms with Crippen LogP contribution in [0.4, 0.5) is 5.69 Å². The molecule has 1 aliphatic heterocycles. The smallest absolute Gasteiger partial charge is 0.245 e. The van der Waals surface area contributed by atoms with Gasteiger partial charge in [-0.1, -0.05) is 6.07 Å². The van der Waals surface area contributed by atoms with Gasteiger partial charge in [0.1, 0.15) is 6.04 Å². The van der Waals surface area contributed by atoms with Crippen molar-refractivity contribution in [2.45, 2.75) is 39.3 Å². The van der Waals surface area contributed by atoms with Crippen LogP contribution < -0.4 is 10.2 Å². The molecule has 0 bridgehead atoms. The maximum absolute atomic E-state index is 12.0. The van der Waals surface area contributed by atoms with E-state index in [2.05, 4.69) is 38.2 Å². The standard InChI is InChI=1S/C15H22N2O2/c1-10-4-5-13(8-11(10)2)17-12(3)6-7-16-15(19)14(17)9-18/h4-5,8,12,14,18H,6-7,9H2,1-3H3,(H,16,19). The minimum Gasteiger partial charge on any atom is -0.394 e. The second kappa shape index (κ2) is 5.61. The van der Waals surface area contributed by atoms with Crippen molar-refractivity contribution in [3.05, 3.63) is 29.3 Å². The largest absolute Gasteiger partial charge is 0.394 e. The minimum absolute atomic E-state index is 0.0925. The first-order chi connectivity index (χ1) is 9.04. The van der Waals surface area contributed by atoms with Crippen molar-refractivity contribution in [2.24, 2.45) is 0 Å². The number of aliphatic hydroxyl groups is 1. The van der Waals surface area contributed by atoms with Gasteiger partial charge in [-0.2, -0.15) is 0 Å². The molecule has 0 aromatic heterocycles. The Kier molecular flexibility index (Phi) is 4.10. The summed E-state index contributed by atoms with van der Waals surface area (Å²) in [5.74, 6) is -0.0925. The zero-order valence-electron chi connectivity index (χ0n) is 11.8. The van der Waals surface area contributed by atoms with Crippen molar-refractivity contribution < 1.29 is 9.90 Å². The lowest BCUT2D eigenvalue weighted by atomic mass is 10.1. The monoisotopic (exact) mass is 262 g/mol.